The SMILES string of the molecule is N#CCc1c(-c2ccc(Br)cc2)oc(-c2ccccc2O)c1-c1ccc(Br)cc1. The van der Waals surface area contributed by atoms with E-state index in [2.05, 4.69) is 37.9 Å². The first-order valence-corrected chi connectivity index (χ1v) is 10.5. The van der Waals surface area contributed by atoms with E-state index in [1.807, 2.05) is 60.7 Å². The maximum absolute atomic E-state index is 10.5. The minimum Gasteiger partial charge on any atom is -0.507 e. The summed E-state index contributed by atoms with van der Waals surface area (Å²) >= 11 is 6.93. The fourth-order valence-corrected chi connectivity index (χ4v) is 3.85. The van der Waals surface area contributed by atoms with Crippen LogP contribution >= 0.6 is 31.9 Å². The number of aromatic hydroxyl groups is 1. The molecule has 0 aliphatic carbocycles. The molecule has 1 aromatic heterocycles. The van der Waals surface area contributed by atoms with Crippen LogP contribution in [-0.2, 0) is 6.42 Å². The van der Waals surface area contributed by atoms with Gasteiger partial charge in [-0.15, -0.1) is 0 Å². The molecule has 0 spiro atoms. The number of benzene rings is 3. The minimum atomic E-state index is 0.130. The van der Waals surface area contributed by atoms with Crippen LogP contribution in [0.2, 0.25) is 0 Å². The van der Waals surface area contributed by atoms with E-state index in [9.17, 15) is 10.4 Å². The van der Waals surface area contributed by atoms with Gasteiger partial charge in [-0.3, -0.25) is 0 Å². The maximum atomic E-state index is 10.5. The summed E-state index contributed by atoms with van der Waals surface area (Å²) in [5, 5.41) is 20.0. The summed E-state index contributed by atoms with van der Waals surface area (Å²) in [5.41, 5.74) is 4.00. The van der Waals surface area contributed by atoms with Crippen LogP contribution in [0.4, 0.5) is 0 Å². The van der Waals surface area contributed by atoms with E-state index in [1.165, 1.54) is 0 Å². The third-order valence-electron chi connectivity index (χ3n) is 4.65. The molecule has 0 fully saturated rings. The van der Waals surface area contributed by atoms with Gasteiger partial charge < -0.3 is 9.52 Å². The monoisotopic (exact) mass is 507 g/mol. The zero-order valence-corrected chi connectivity index (χ0v) is 18.4. The van der Waals surface area contributed by atoms with Crippen molar-refractivity contribution in [3.8, 4) is 45.6 Å². The number of hydrogen-bond acceptors (Lipinski definition) is 3. The number of nitriles is 1. The molecule has 29 heavy (non-hydrogen) atoms. The van der Waals surface area contributed by atoms with Gasteiger partial charge in [-0.2, -0.15) is 5.26 Å². The fraction of sp³-hybridized carbons (Fsp3) is 0.0417. The first kappa shape index (κ1) is 19.5. The van der Waals surface area contributed by atoms with Gasteiger partial charge in [0.15, 0.2) is 0 Å². The molecule has 142 valence electrons. The minimum absolute atomic E-state index is 0.130. The normalized spacial score (nSPS) is 10.7. The Kier molecular flexibility index (Phi) is 5.57. The summed E-state index contributed by atoms with van der Waals surface area (Å²) in [6, 6.07) is 25.0. The summed E-state index contributed by atoms with van der Waals surface area (Å²) in [6.07, 6.45) is 0.188. The Morgan fingerprint density at radius 2 is 1.38 bits per heavy atom. The zero-order chi connectivity index (χ0) is 20.4. The van der Waals surface area contributed by atoms with Crippen LogP contribution in [0.5, 0.6) is 5.75 Å². The molecule has 1 heterocycles. The van der Waals surface area contributed by atoms with E-state index in [1.54, 1.807) is 12.1 Å². The van der Waals surface area contributed by atoms with Crippen molar-refractivity contribution in [3.05, 3.63) is 87.3 Å². The van der Waals surface area contributed by atoms with Gasteiger partial charge in [-0.25, -0.2) is 0 Å². The van der Waals surface area contributed by atoms with Crippen LogP contribution in [0.1, 0.15) is 5.56 Å². The van der Waals surface area contributed by atoms with Crippen molar-refractivity contribution in [3.63, 3.8) is 0 Å². The molecule has 3 nitrogen and oxygen atoms in total. The Morgan fingerprint density at radius 1 is 0.793 bits per heavy atom. The molecule has 0 unspecified atom stereocenters. The summed E-state index contributed by atoms with van der Waals surface area (Å²) in [5.74, 6) is 1.31. The van der Waals surface area contributed by atoms with Crippen molar-refractivity contribution in [1.82, 2.24) is 0 Å². The van der Waals surface area contributed by atoms with Crippen LogP contribution < -0.4 is 0 Å². The van der Waals surface area contributed by atoms with Gasteiger partial charge >= 0.3 is 0 Å². The summed E-state index contributed by atoms with van der Waals surface area (Å²) in [7, 11) is 0. The number of para-hydroxylation sites is 1. The van der Waals surface area contributed by atoms with Crippen molar-refractivity contribution in [2.24, 2.45) is 0 Å². The molecule has 0 bridgehead atoms. The quantitative estimate of drug-likeness (QED) is 0.309. The zero-order valence-electron chi connectivity index (χ0n) is 15.2. The Hall–Kier alpha value is -2.81. The lowest BCUT2D eigenvalue weighted by Gasteiger charge is -2.07. The van der Waals surface area contributed by atoms with Crippen molar-refractivity contribution in [2.45, 2.75) is 6.42 Å². The number of phenols is 1. The van der Waals surface area contributed by atoms with Crippen molar-refractivity contribution < 1.29 is 9.52 Å². The van der Waals surface area contributed by atoms with Gasteiger partial charge in [0.25, 0.3) is 0 Å². The molecule has 0 aliphatic rings. The number of nitrogens with zero attached hydrogens (tertiary/aromatic N) is 1. The average molecular weight is 509 g/mol. The van der Waals surface area contributed by atoms with Crippen molar-refractivity contribution >= 4 is 31.9 Å². The highest BCUT2D eigenvalue weighted by molar-refractivity contribution is 9.10. The van der Waals surface area contributed by atoms with E-state index >= 15 is 0 Å². The third kappa shape index (κ3) is 3.87. The van der Waals surface area contributed by atoms with Crippen LogP contribution in [0, 0.1) is 11.3 Å². The fourth-order valence-electron chi connectivity index (χ4n) is 3.32. The van der Waals surface area contributed by atoms with Gasteiger partial charge in [0.05, 0.1) is 18.1 Å². The van der Waals surface area contributed by atoms with E-state index in [-0.39, 0.29) is 12.2 Å². The smallest absolute Gasteiger partial charge is 0.146 e. The summed E-state index contributed by atoms with van der Waals surface area (Å²) in [6.45, 7) is 0. The van der Waals surface area contributed by atoms with Gasteiger partial charge in [-0.1, -0.05) is 68.3 Å². The molecule has 5 heteroatoms. The summed E-state index contributed by atoms with van der Waals surface area (Å²) in [4.78, 5) is 0. The first-order chi connectivity index (χ1) is 14.1. The summed E-state index contributed by atoms with van der Waals surface area (Å²) < 4.78 is 8.26. The molecule has 3 aromatic carbocycles. The van der Waals surface area contributed by atoms with Crippen LogP contribution in [0.25, 0.3) is 33.8 Å². The van der Waals surface area contributed by atoms with E-state index in [0.29, 0.717) is 17.1 Å². The second-order valence-electron chi connectivity index (χ2n) is 6.48. The molecule has 0 atom stereocenters. The molecule has 0 amide bonds. The number of halogens is 2. The average Bonchev–Trinajstić information content (AvgIpc) is 3.09. The molecule has 4 aromatic rings. The van der Waals surface area contributed by atoms with Gasteiger partial charge in [0.1, 0.15) is 17.3 Å². The molecule has 0 radical (unpaired) electrons. The van der Waals surface area contributed by atoms with Gasteiger partial charge in [-0.05, 0) is 42.0 Å². The highest BCUT2D eigenvalue weighted by Crippen LogP contribution is 2.45. The molecular formula is C24H15Br2NO2. The maximum Gasteiger partial charge on any atom is 0.146 e. The molecule has 1 N–H and O–H groups in total. The topological polar surface area (TPSA) is 57.2 Å². The second kappa shape index (κ2) is 8.28. The molecule has 0 aliphatic heterocycles. The number of phenolic OH excluding ortho intramolecular Hbond substituents is 1. The number of furan rings is 1. The van der Waals surface area contributed by atoms with Crippen LogP contribution in [0.15, 0.2) is 86.2 Å². The Labute approximate surface area is 185 Å². The predicted octanol–water partition coefficient (Wildman–Crippen LogP) is 7.58. The predicted molar refractivity (Wildman–Crippen MR) is 121 cm³/mol. The Bertz CT molecular complexity index is 1200. The standard InChI is InChI=1S/C24H15Br2NO2/c25-17-9-5-15(6-10-17)22-20(13-14-27)23(16-7-11-18(26)12-8-16)29-24(22)19-3-1-2-4-21(19)28/h1-12,28H,13H2. The van der Waals surface area contributed by atoms with Crippen molar-refractivity contribution in [2.75, 3.05) is 0 Å². The van der Waals surface area contributed by atoms with E-state index in [0.717, 1.165) is 31.2 Å². The first-order valence-electron chi connectivity index (χ1n) is 8.91. The highest BCUT2D eigenvalue weighted by atomic mass is 79.9. The Morgan fingerprint density at radius 3 is 1.97 bits per heavy atom. The lowest BCUT2D eigenvalue weighted by Crippen LogP contribution is -1.89. The molecule has 4 rings (SSSR count). The van der Waals surface area contributed by atoms with Crippen LogP contribution in [0.3, 0.4) is 0 Å². The van der Waals surface area contributed by atoms with Gasteiger partial charge in [0.2, 0.25) is 0 Å². The largest absolute Gasteiger partial charge is 0.507 e. The Balaban J connectivity index is 2.05. The second-order valence-corrected chi connectivity index (χ2v) is 8.31. The molecule has 0 saturated carbocycles. The lowest BCUT2D eigenvalue weighted by atomic mass is 9.94. The van der Waals surface area contributed by atoms with Crippen molar-refractivity contribution in [1.29, 1.82) is 5.26 Å². The number of hydrogen-bond donors (Lipinski definition) is 1. The number of rotatable bonds is 4. The van der Waals surface area contributed by atoms with E-state index in [4.69, 9.17) is 4.42 Å². The van der Waals surface area contributed by atoms with Gasteiger partial charge in [0, 0.05) is 25.6 Å². The molecule has 0 saturated heterocycles. The molecular weight excluding hydrogens is 494 g/mol. The lowest BCUT2D eigenvalue weighted by molar-refractivity contribution is 0.474. The third-order valence-corrected chi connectivity index (χ3v) is 5.71. The highest BCUT2D eigenvalue weighted by Gasteiger charge is 2.25. The van der Waals surface area contributed by atoms with Crippen LogP contribution in [-0.4, -0.2) is 5.11 Å². The van der Waals surface area contributed by atoms with E-state index < -0.39 is 0 Å².